The van der Waals surface area contributed by atoms with E-state index in [1.807, 2.05) is 45.0 Å². The summed E-state index contributed by atoms with van der Waals surface area (Å²) in [5.41, 5.74) is 7.17. The minimum Gasteiger partial charge on any atom is -0.457 e. The molecule has 160 valence electrons. The number of hydrogen-bond donors (Lipinski definition) is 1. The minimum absolute atomic E-state index is 0.177. The van der Waals surface area contributed by atoms with Gasteiger partial charge in [-0.25, -0.2) is 9.50 Å². The van der Waals surface area contributed by atoms with Crippen LogP contribution in [-0.2, 0) is 22.4 Å². The number of para-hydroxylation sites is 1. The number of ketones is 1. The quantitative estimate of drug-likeness (QED) is 0.361. The molecule has 4 aromatic rings. The van der Waals surface area contributed by atoms with Crippen LogP contribution in [0.1, 0.15) is 51.9 Å². The van der Waals surface area contributed by atoms with Crippen LogP contribution in [0.3, 0.4) is 0 Å². The molecule has 4 rings (SSSR count). The number of H-pyrrole nitrogens is 1. The number of fused-ring (bicyclic) bond motifs is 2. The predicted molar refractivity (Wildman–Crippen MR) is 118 cm³/mol. The van der Waals surface area contributed by atoms with Crippen molar-refractivity contribution in [1.29, 1.82) is 0 Å². The molecule has 31 heavy (non-hydrogen) atoms. The number of nitrogens with one attached hydrogen (secondary N) is 1. The highest BCUT2D eigenvalue weighted by molar-refractivity contribution is 6.09. The highest BCUT2D eigenvalue weighted by Gasteiger charge is 2.17. The highest BCUT2D eigenvalue weighted by atomic mass is 16.5. The summed E-state index contributed by atoms with van der Waals surface area (Å²) < 4.78 is 7.08. The SMILES string of the molecule is CCc1cccc2c(C(=O)COC(=O)CCc3c(C)nc4cc(C)nn4c3C)c[nH]c12. The van der Waals surface area contributed by atoms with Crippen LogP contribution in [0.4, 0.5) is 0 Å². The van der Waals surface area contributed by atoms with Crippen molar-refractivity contribution in [3.8, 4) is 0 Å². The van der Waals surface area contributed by atoms with Crippen molar-refractivity contribution in [1.82, 2.24) is 19.6 Å². The Morgan fingerprint density at radius 3 is 2.77 bits per heavy atom. The summed E-state index contributed by atoms with van der Waals surface area (Å²) in [6.07, 6.45) is 3.23. The number of carbonyl (C=O) groups excluding carboxylic acids is 2. The van der Waals surface area contributed by atoms with E-state index in [2.05, 4.69) is 22.0 Å². The lowest BCUT2D eigenvalue weighted by Crippen LogP contribution is -2.15. The van der Waals surface area contributed by atoms with Crippen molar-refractivity contribution in [2.75, 3.05) is 6.61 Å². The van der Waals surface area contributed by atoms with Crippen molar-refractivity contribution in [3.05, 3.63) is 64.2 Å². The largest absolute Gasteiger partial charge is 0.457 e. The van der Waals surface area contributed by atoms with Crippen LogP contribution in [0.25, 0.3) is 16.6 Å². The summed E-state index contributed by atoms with van der Waals surface area (Å²) in [6.45, 7) is 7.63. The number of carbonyl (C=O) groups is 2. The van der Waals surface area contributed by atoms with E-state index in [0.717, 1.165) is 51.2 Å². The number of rotatable bonds is 7. The number of esters is 1. The molecule has 0 aliphatic rings. The van der Waals surface area contributed by atoms with Crippen molar-refractivity contribution < 1.29 is 14.3 Å². The second-order valence-electron chi connectivity index (χ2n) is 7.80. The average Bonchev–Trinajstić information content (AvgIpc) is 3.34. The van der Waals surface area contributed by atoms with Crippen molar-refractivity contribution in [2.24, 2.45) is 0 Å². The van der Waals surface area contributed by atoms with Gasteiger partial charge in [-0.05, 0) is 44.7 Å². The summed E-state index contributed by atoms with van der Waals surface area (Å²) in [6, 6.07) is 7.81. The molecule has 0 spiro atoms. The Labute approximate surface area is 180 Å². The van der Waals surface area contributed by atoms with Gasteiger partial charge in [0.15, 0.2) is 12.3 Å². The molecule has 7 heteroatoms. The second kappa shape index (κ2) is 8.34. The molecule has 0 bridgehead atoms. The van der Waals surface area contributed by atoms with E-state index in [-0.39, 0.29) is 18.8 Å². The fraction of sp³-hybridized carbons (Fsp3) is 0.333. The zero-order chi connectivity index (χ0) is 22.1. The third kappa shape index (κ3) is 3.95. The normalized spacial score (nSPS) is 11.4. The van der Waals surface area contributed by atoms with Crippen LogP contribution in [0, 0.1) is 20.8 Å². The summed E-state index contributed by atoms with van der Waals surface area (Å²) in [5.74, 6) is -0.617. The molecule has 3 aromatic heterocycles. The van der Waals surface area contributed by atoms with Crippen LogP contribution in [0.2, 0.25) is 0 Å². The molecule has 1 aromatic carbocycles. The number of nitrogens with zero attached hydrogens (tertiary/aromatic N) is 3. The predicted octanol–water partition coefficient (Wildman–Crippen LogP) is 4.06. The second-order valence-corrected chi connectivity index (χ2v) is 7.80. The Kier molecular flexibility index (Phi) is 5.59. The lowest BCUT2D eigenvalue weighted by molar-refractivity contribution is -0.142. The fourth-order valence-corrected chi connectivity index (χ4v) is 4.07. The van der Waals surface area contributed by atoms with E-state index in [0.29, 0.717) is 12.0 Å². The van der Waals surface area contributed by atoms with Gasteiger partial charge in [-0.3, -0.25) is 9.59 Å². The maximum atomic E-state index is 12.6. The van der Waals surface area contributed by atoms with Crippen LogP contribution < -0.4 is 0 Å². The standard InChI is InChI=1S/C24H26N4O3/c1-5-17-7-6-8-19-20(12-25-24(17)19)21(29)13-31-23(30)10-9-18-15(3)26-22-11-14(2)27-28(22)16(18)4/h6-8,11-12,25H,5,9-10,13H2,1-4H3. The summed E-state index contributed by atoms with van der Waals surface area (Å²) in [4.78, 5) is 32.7. The lowest BCUT2D eigenvalue weighted by atomic mass is 10.1. The Morgan fingerprint density at radius 1 is 1.19 bits per heavy atom. The Hall–Kier alpha value is -3.48. The van der Waals surface area contributed by atoms with E-state index in [1.165, 1.54) is 0 Å². The third-order valence-electron chi connectivity index (χ3n) is 5.71. The first kappa shape index (κ1) is 20.8. The van der Waals surface area contributed by atoms with E-state index >= 15 is 0 Å². The Morgan fingerprint density at radius 2 is 2.00 bits per heavy atom. The average molecular weight is 418 g/mol. The van der Waals surface area contributed by atoms with Crippen molar-refractivity contribution in [2.45, 2.75) is 47.0 Å². The van der Waals surface area contributed by atoms with Gasteiger partial charge in [0.2, 0.25) is 5.78 Å². The number of hydrogen-bond acceptors (Lipinski definition) is 5. The van der Waals surface area contributed by atoms with Gasteiger partial charge < -0.3 is 9.72 Å². The van der Waals surface area contributed by atoms with Gasteiger partial charge in [0.05, 0.1) is 5.69 Å². The van der Waals surface area contributed by atoms with E-state index in [1.54, 1.807) is 10.7 Å². The smallest absolute Gasteiger partial charge is 0.306 e. The molecular weight excluding hydrogens is 392 g/mol. The van der Waals surface area contributed by atoms with Gasteiger partial charge in [0, 0.05) is 46.5 Å². The molecule has 0 aliphatic carbocycles. The van der Waals surface area contributed by atoms with Crippen LogP contribution in [-0.4, -0.2) is 37.9 Å². The van der Waals surface area contributed by atoms with Gasteiger partial charge >= 0.3 is 5.97 Å². The van der Waals surface area contributed by atoms with Gasteiger partial charge in [0.25, 0.3) is 0 Å². The van der Waals surface area contributed by atoms with E-state index in [4.69, 9.17) is 4.74 Å². The first-order valence-corrected chi connectivity index (χ1v) is 10.5. The maximum Gasteiger partial charge on any atom is 0.306 e. The zero-order valence-electron chi connectivity index (χ0n) is 18.3. The number of benzene rings is 1. The number of aromatic amines is 1. The minimum atomic E-state index is -0.405. The van der Waals surface area contributed by atoms with E-state index < -0.39 is 5.97 Å². The topological polar surface area (TPSA) is 89.3 Å². The monoisotopic (exact) mass is 418 g/mol. The molecule has 0 amide bonds. The van der Waals surface area contributed by atoms with Crippen LogP contribution in [0.5, 0.6) is 0 Å². The van der Waals surface area contributed by atoms with Gasteiger partial charge in [-0.1, -0.05) is 25.1 Å². The van der Waals surface area contributed by atoms with Crippen LogP contribution in [0.15, 0.2) is 30.5 Å². The molecule has 1 N–H and O–H groups in total. The molecule has 0 unspecified atom stereocenters. The molecule has 0 radical (unpaired) electrons. The maximum absolute atomic E-state index is 12.6. The molecule has 0 saturated carbocycles. The first-order chi connectivity index (χ1) is 14.9. The third-order valence-corrected chi connectivity index (χ3v) is 5.71. The molecule has 3 heterocycles. The molecule has 0 atom stereocenters. The van der Waals surface area contributed by atoms with Gasteiger partial charge in [-0.15, -0.1) is 0 Å². The lowest BCUT2D eigenvalue weighted by Gasteiger charge is -2.11. The van der Waals surface area contributed by atoms with Crippen molar-refractivity contribution in [3.63, 3.8) is 0 Å². The van der Waals surface area contributed by atoms with Crippen molar-refractivity contribution >= 4 is 28.3 Å². The number of aromatic nitrogens is 4. The molecule has 0 saturated heterocycles. The van der Waals surface area contributed by atoms with Gasteiger partial charge in [0.1, 0.15) is 0 Å². The van der Waals surface area contributed by atoms with Crippen LogP contribution >= 0.6 is 0 Å². The fourth-order valence-electron chi connectivity index (χ4n) is 4.07. The Bertz CT molecular complexity index is 1300. The first-order valence-electron chi connectivity index (χ1n) is 10.5. The van der Waals surface area contributed by atoms with Gasteiger partial charge in [-0.2, -0.15) is 5.10 Å². The number of Topliss-reactive ketones (excluding diaryl/α,β-unsaturated/α-hetero) is 1. The summed E-state index contributed by atoms with van der Waals surface area (Å²) >= 11 is 0. The van der Waals surface area contributed by atoms with E-state index in [9.17, 15) is 9.59 Å². The Balaban J connectivity index is 1.40. The summed E-state index contributed by atoms with van der Waals surface area (Å²) in [7, 11) is 0. The molecule has 0 aliphatic heterocycles. The highest BCUT2D eigenvalue weighted by Crippen LogP contribution is 2.23. The summed E-state index contributed by atoms with van der Waals surface area (Å²) in [5, 5.41) is 5.32. The number of aryl methyl sites for hydroxylation is 4. The molecular formula is C24H26N4O3. The molecule has 0 fully saturated rings. The zero-order valence-corrected chi connectivity index (χ0v) is 18.3. The molecule has 7 nitrogen and oxygen atoms in total. The number of ether oxygens (including phenoxy) is 1.